The van der Waals surface area contributed by atoms with Gasteiger partial charge in [-0.3, -0.25) is 4.99 Å². The van der Waals surface area contributed by atoms with Crippen LogP contribution in [0.25, 0.3) is 5.69 Å². The van der Waals surface area contributed by atoms with Gasteiger partial charge in [-0.25, -0.2) is 27.8 Å². The molecule has 10 nitrogen and oxygen atoms in total. The maximum atomic E-state index is 14.9. The Kier molecular flexibility index (Phi) is 9.91. The fourth-order valence-corrected chi connectivity index (χ4v) is 6.95. The van der Waals surface area contributed by atoms with Gasteiger partial charge >= 0.3 is 5.69 Å². The highest BCUT2D eigenvalue weighted by Crippen LogP contribution is 2.41. The molecule has 0 spiro atoms. The van der Waals surface area contributed by atoms with Gasteiger partial charge in [0.25, 0.3) is 0 Å². The van der Waals surface area contributed by atoms with E-state index in [1.54, 1.807) is 17.1 Å². The molecule has 262 valence electrons. The molecule has 0 aliphatic carbocycles. The molecule has 7 rings (SSSR count). The Balaban J connectivity index is 0.914. The van der Waals surface area contributed by atoms with Crippen LogP contribution in [-0.2, 0) is 21.8 Å². The lowest BCUT2D eigenvalue weighted by Gasteiger charge is -2.34. The summed E-state index contributed by atoms with van der Waals surface area (Å²) in [5.74, 6) is -1.24. The molecule has 3 atom stereocenters. The van der Waals surface area contributed by atoms with Gasteiger partial charge in [-0.1, -0.05) is 26.0 Å². The minimum absolute atomic E-state index is 0.123. The first kappa shape index (κ1) is 33.8. The fourth-order valence-electron chi connectivity index (χ4n) is 6.95. The molecule has 12 heteroatoms. The van der Waals surface area contributed by atoms with Crippen LogP contribution in [0.15, 0.2) is 87.8 Å². The van der Waals surface area contributed by atoms with E-state index in [9.17, 15) is 13.6 Å². The molecule has 0 radical (unpaired) electrons. The van der Waals surface area contributed by atoms with Crippen molar-refractivity contribution >= 4 is 18.2 Å². The van der Waals surface area contributed by atoms with Crippen LogP contribution in [-0.4, -0.2) is 65.3 Å². The van der Waals surface area contributed by atoms with E-state index < -0.39 is 23.5 Å². The maximum Gasteiger partial charge on any atom is 0.350 e. The van der Waals surface area contributed by atoms with Gasteiger partial charge in [0.1, 0.15) is 42.8 Å². The van der Waals surface area contributed by atoms with E-state index in [-0.39, 0.29) is 30.5 Å². The average Bonchev–Trinajstić information content (AvgIpc) is 3.88. The SMILES string of the molecule is CC(C)Cn1ncn(-c2ccc(N3CCC(c4ccc(OCC5COC(CCC6C=NC=N6)(c6ccc(F)cc6F)O5)cc4)CC3)cc2)c1=O. The molecule has 4 heterocycles. The third-order valence-corrected chi connectivity index (χ3v) is 9.60. The first-order valence-corrected chi connectivity index (χ1v) is 17.3. The molecule has 1 aromatic heterocycles. The van der Waals surface area contributed by atoms with Gasteiger partial charge in [0, 0.05) is 49.6 Å². The molecule has 4 aromatic rings. The highest BCUT2D eigenvalue weighted by Gasteiger charge is 2.45. The molecule has 0 amide bonds. The van der Waals surface area contributed by atoms with Crippen molar-refractivity contribution in [2.45, 2.75) is 69.9 Å². The van der Waals surface area contributed by atoms with Gasteiger partial charge in [0.05, 0.1) is 18.3 Å². The van der Waals surface area contributed by atoms with E-state index in [1.165, 1.54) is 28.7 Å². The Hall–Kier alpha value is -4.68. The van der Waals surface area contributed by atoms with Crippen LogP contribution in [0.2, 0.25) is 0 Å². The van der Waals surface area contributed by atoms with Crippen LogP contribution in [0.4, 0.5) is 14.5 Å². The summed E-state index contributed by atoms with van der Waals surface area (Å²) in [6.45, 7) is 7.02. The van der Waals surface area contributed by atoms with Crippen molar-refractivity contribution in [3.05, 3.63) is 106 Å². The van der Waals surface area contributed by atoms with Gasteiger partial charge < -0.3 is 19.1 Å². The van der Waals surface area contributed by atoms with Crippen molar-refractivity contribution in [1.82, 2.24) is 14.3 Å². The molecular formula is C38H42F2N6O4. The number of hydrogen-bond acceptors (Lipinski definition) is 8. The predicted octanol–water partition coefficient (Wildman–Crippen LogP) is 6.26. The zero-order chi connectivity index (χ0) is 34.7. The monoisotopic (exact) mass is 684 g/mol. The summed E-state index contributed by atoms with van der Waals surface area (Å²) in [5.41, 5.74) is 3.26. The number of aromatic nitrogens is 3. The van der Waals surface area contributed by atoms with Gasteiger partial charge in [-0.2, -0.15) is 5.10 Å². The van der Waals surface area contributed by atoms with Crippen molar-refractivity contribution < 1.29 is 23.0 Å². The van der Waals surface area contributed by atoms with E-state index >= 15 is 0 Å². The molecule has 3 aromatic carbocycles. The van der Waals surface area contributed by atoms with Gasteiger partial charge in [0.2, 0.25) is 0 Å². The Morgan fingerprint density at radius 2 is 1.76 bits per heavy atom. The Morgan fingerprint density at radius 3 is 2.46 bits per heavy atom. The van der Waals surface area contributed by atoms with Crippen LogP contribution in [0.5, 0.6) is 5.75 Å². The molecule has 3 aliphatic rings. The van der Waals surface area contributed by atoms with Crippen LogP contribution < -0.4 is 15.3 Å². The molecule has 3 unspecified atom stereocenters. The zero-order valence-electron chi connectivity index (χ0n) is 28.3. The second-order valence-corrected chi connectivity index (χ2v) is 13.6. The van der Waals surface area contributed by atoms with Crippen LogP contribution in [0.3, 0.4) is 0 Å². The summed E-state index contributed by atoms with van der Waals surface area (Å²) in [6.07, 6.45) is 7.28. The van der Waals surface area contributed by atoms with Crippen molar-refractivity contribution in [2.24, 2.45) is 15.9 Å². The molecule has 50 heavy (non-hydrogen) atoms. The summed E-state index contributed by atoms with van der Waals surface area (Å²) < 4.78 is 50.3. The normalized spacial score (nSPS) is 22.2. The summed E-state index contributed by atoms with van der Waals surface area (Å²) in [4.78, 5) is 23.4. The van der Waals surface area contributed by atoms with Crippen molar-refractivity contribution in [3.63, 3.8) is 0 Å². The summed E-state index contributed by atoms with van der Waals surface area (Å²) in [6, 6.07) is 19.6. The smallest absolute Gasteiger partial charge is 0.350 e. The Bertz CT molecular complexity index is 1870. The number of hydrogen-bond donors (Lipinski definition) is 0. The zero-order valence-corrected chi connectivity index (χ0v) is 28.3. The minimum atomic E-state index is -1.37. The molecule has 0 N–H and O–H groups in total. The number of rotatable bonds is 12. The second-order valence-electron chi connectivity index (χ2n) is 13.6. The maximum absolute atomic E-state index is 14.9. The highest BCUT2D eigenvalue weighted by molar-refractivity contribution is 5.82. The van der Waals surface area contributed by atoms with Gasteiger partial charge in [-0.15, -0.1) is 0 Å². The second kappa shape index (κ2) is 14.7. The average molecular weight is 685 g/mol. The van der Waals surface area contributed by atoms with E-state index in [0.717, 1.165) is 43.4 Å². The van der Waals surface area contributed by atoms with Gasteiger partial charge in [0.15, 0.2) is 5.79 Å². The van der Waals surface area contributed by atoms with E-state index in [4.69, 9.17) is 14.2 Å². The molecule has 2 saturated heterocycles. The third kappa shape index (κ3) is 7.41. The van der Waals surface area contributed by atoms with Gasteiger partial charge in [-0.05, 0) is 85.2 Å². The summed E-state index contributed by atoms with van der Waals surface area (Å²) in [7, 11) is 0. The quantitative estimate of drug-likeness (QED) is 0.175. The van der Waals surface area contributed by atoms with Crippen molar-refractivity contribution in [1.29, 1.82) is 0 Å². The lowest BCUT2D eigenvalue weighted by Crippen LogP contribution is -2.32. The Morgan fingerprint density at radius 1 is 1.00 bits per heavy atom. The summed E-state index contributed by atoms with van der Waals surface area (Å²) >= 11 is 0. The number of ether oxygens (including phenoxy) is 3. The van der Waals surface area contributed by atoms with Crippen LogP contribution >= 0.6 is 0 Å². The number of halogens is 2. The topological polar surface area (TPSA) is 95.5 Å². The lowest BCUT2D eigenvalue weighted by atomic mass is 9.89. The first-order valence-electron chi connectivity index (χ1n) is 17.3. The first-order chi connectivity index (χ1) is 24.3. The van der Waals surface area contributed by atoms with Crippen molar-refractivity contribution in [2.75, 3.05) is 31.2 Å². The fraction of sp³-hybridized carbons (Fsp3) is 0.421. The number of benzene rings is 3. The molecule has 0 bridgehead atoms. The highest BCUT2D eigenvalue weighted by atomic mass is 19.1. The van der Waals surface area contributed by atoms with E-state index in [1.807, 2.05) is 24.3 Å². The molecule has 3 aliphatic heterocycles. The summed E-state index contributed by atoms with van der Waals surface area (Å²) in [5, 5.41) is 4.26. The van der Waals surface area contributed by atoms with E-state index in [0.29, 0.717) is 37.0 Å². The molecular weight excluding hydrogens is 642 g/mol. The van der Waals surface area contributed by atoms with Crippen LogP contribution in [0, 0.1) is 17.6 Å². The minimum Gasteiger partial charge on any atom is -0.491 e. The molecule has 0 saturated carbocycles. The Labute approximate surface area is 290 Å². The molecule has 2 fully saturated rings. The third-order valence-electron chi connectivity index (χ3n) is 9.60. The number of nitrogens with zero attached hydrogens (tertiary/aromatic N) is 6. The van der Waals surface area contributed by atoms with E-state index in [2.05, 4.69) is 58.1 Å². The number of aliphatic imine (C=N–C) groups is 2. The number of piperidine rings is 1. The largest absolute Gasteiger partial charge is 0.491 e. The standard InChI is InChI=1S/C38H42F2N6O4/c1-26(2)21-46-37(47)45(25-43-46)32-8-6-31(7-9-32)44-17-14-28(15-18-44)27-3-10-33(11-4-27)48-22-34-23-49-38(50-34,16-13-30-20-41-24-42-30)35-12-5-29(39)19-36(35)40/h3-12,19-20,24-26,28,30,34H,13-18,21-23H2,1-2H3. The lowest BCUT2D eigenvalue weighted by molar-refractivity contribution is -0.186. The number of anilines is 1. The predicted molar refractivity (Wildman–Crippen MR) is 188 cm³/mol. The van der Waals surface area contributed by atoms with Crippen LogP contribution in [0.1, 0.15) is 56.6 Å². The van der Waals surface area contributed by atoms with Crippen molar-refractivity contribution in [3.8, 4) is 11.4 Å².